The molecule has 1 amide bonds. The van der Waals surface area contributed by atoms with E-state index >= 15 is 0 Å². The average Bonchev–Trinajstić information content (AvgIpc) is 3.29. The fourth-order valence-corrected chi connectivity index (χ4v) is 6.32. The molecule has 2 aromatic rings. The Hall–Kier alpha value is -2.68. The summed E-state index contributed by atoms with van der Waals surface area (Å²) in [5.74, 6) is 0.970. The number of aromatic nitrogens is 1. The molecule has 2 saturated heterocycles. The average molecular weight is 523 g/mol. The zero-order valence-corrected chi connectivity index (χ0v) is 22.7. The molecule has 38 heavy (non-hydrogen) atoms. The minimum absolute atomic E-state index is 0. The number of nitrogens with zero attached hydrogens (tertiary/aromatic N) is 2. The number of ether oxygens (including phenoxy) is 3. The summed E-state index contributed by atoms with van der Waals surface area (Å²) in [4.78, 5) is 20.6. The fraction of sp³-hybridized carbons (Fsp3) is 0.600. The molecule has 4 heterocycles. The van der Waals surface area contributed by atoms with E-state index in [1.807, 2.05) is 23.1 Å². The van der Waals surface area contributed by atoms with Crippen molar-refractivity contribution >= 4 is 28.8 Å². The van der Waals surface area contributed by atoms with Gasteiger partial charge in [-0.3, -0.25) is 4.79 Å². The van der Waals surface area contributed by atoms with Crippen LogP contribution >= 0.6 is 0 Å². The van der Waals surface area contributed by atoms with Crippen LogP contribution in [-0.2, 0) is 25.5 Å². The summed E-state index contributed by atoms with van der Waals surface area (Å²) in [6, 6.07) is 10.4. The maximum absolute atomic E-state index is 14.1. The van der Waals surface area contributed by atoms with Crippen LogP contribution in [0.3, 0.4) is 0 Å². The van der Waals surface area contributed by atoms with E-state index in [9.17, 15) is 4.79 Å². The van der Waals surface area contributed by atoms with Crippen molar-refractivity contribution in [2.45, 2.75) is 95.8 Å². The number of carbonyl (C=O) groups is 1. The SMILES string of the molecule is CC(C)(C)OC1CCC(C(=O)N2Cc3cccnc3Nc3ccc(N[C@@H]4CO[C@@H]5CCO[C@@H]5C4)cc32)CC1.[HH]. The highest BCUT2D eigenvalue weighted by atomic mass is 16.6. The molecule has 0 radical (unpaired) electrons. The van der Waals surface area contributed by atoms with Gasteiger partial charge in [-0.25, -0.2) is 4.98 Å². The molecule has 1 aromatic carbocycles. The van der Waals surface area contributed by atoms with Crippen molar-refractivity contribution in [2.24, 2.45) is 5.92 Å². The van der Waals surface area contributed by atoms with Gasteiger partial charge in [-0.15, -0.1) is 0 Å². The minimum atomic E-state index is -0.162. The molecule has 206 valence electrons. The van der Waals surface area contributed by atoms with E-state index < -0.39 is 0 Å². The molecule has 0 spiro atoms. The van der Waals surface area contributed by atoms with E-state index in [4.69, 9.17) is 14.2 Å². The summed E-state index contributed by atoms with van der Waals surface area (Å²) < 4.78 is 18.1. The topological polar surface area (TPSA) is 85.0 Å². The molecule has 1 saturated carbocycles. The van der Waals surface area contributed by atoms with Crippen LogP contribution in [0, 0.1) is 5.92 Å². The standard InChI is InChI=1S/C30H40N4O4.H2/c1-30(2,3)38-23-9-6-19(7-10-23)29(35)34-17-20-5-4-13-31-28(20)33-24-11-8-21(15-25(24)34)32-22-16-27-26(37-18-22)12-14-36-27;/h4-5,8,11,13,15,19,22-23,26-27,32H,6-7,9-10,12,14,16-18H2,1-3H3,(H,31,33);1H/t19?,22-,23?,26+,27+;/m0./s1. The largest absolute Gasteiger partial charge is 0.380 e. The Morgan fingerprint density at radius 2 is 1.97 bits per heavy atom. The van der Waals surface area contributed by atoms with Crippen LogP contribution in [0.2, 0.25) is 0 Å². The predicted octanol–water partition coefficient (Wildman–Crippen LogP) is 5.65. The number of hydrogen-bond acceptors (Lipinski definition) is 7. The lowest BCUT2D eigenvalue weighted by molar-refractivity contribution is -0.126. The van der Waals surface area contributed by atoms with Gasteiger partial charge in [0, 0.05) is 31.4 Å². The van der Waals surface area contributed by atoms with Gasteiger partial charge in [-0.2, -0.15) is 0 Å². The molecule has 1 aromatic heterocycles. The zero-order valence-electron chi connectivity index (χ0n) is 22.7. The Morgan fingerprint density at radius 3 is 2.79 bits per heavy atom. The number of benzene rings is 1. The van der Waals surface area contributed by atoms with E-state index in [1.54, 1.807) is 6.20 Å². The monoisotopic (exact) mass is 522 g/mol. The molecule has 3 aliphatic heterocycles. The van der Waals surface area contributed by atoms with Gasteiger partial charge < -0.3 is 29.7 Å². The van der Waals surface area contributed by atoms with Crippen molar-refractivity contribution in [3.63, 3.8) is 0 Å². The summed E-state index contributed by atoms with van der Waals surface area (Å²) in [7, 11) is 0. The highest BCUT2D eigenvalue weighted by Gasteiger charge is 2.37. The number of rotatable bonds is 4. The van der Waals surface area contributed by atoms with Crippen molar-refractivity contribution in [2.75, 3.05) is 28.7 Å². The minimum Gasteiger partial charge on any atom is -0.380 e. The lowest BCUT2D eigenvalue weighted by Gasteiger charge is -2.35. The highest BCUT2D eigenvalue weighted by molar-refractivity contribution is 6.00. The Labute approximate surface area is 226 Å². The summed E-state index contributed by atoms with van der Waals surface area (Å²) in [5.41, 5.74) is 3.62. The quantitative estimate of drug-likeness (QED) is 0.537. The first-order valence-corrected chi connectivity index (χ1v) is 14.2. The van der Waals surface area contributed by atoms with E-state index in [-0.39, 0.29) is 43.2 Å². The number of hydrogen-bond donors (Lipinski definition) is 2. The highest BCUT2D eigenvalue weighted by Crippen LogP contribution is 2.40. The number of nitrogens with one attached hydrogen (secondary N) is 2. The van der Waals surface area contributed by atoms with Gasteiger partial charge in [0.15, 0.2) is 0 Å². The van der Waals surface area contributed by atoms with Gasteiger partial charge in [0.05, 0.1) is 54.5 Å². The molecule has 6 rings (SSSR count). The van der Waals surface area contributed by atoms with Crippen LogP contribution in [0.25, 0.3) is 0 Å². The summed E-state index contributed by atoms with van der Waals surface area (Å²) >= 11 is 0. The number of amides is 1. The predicted molar refractivity (Wildman–Crippen MR) is 150 cm³/mol. The third-order valence-electron chi connectivity index (χ3n) is 8.12. The number of carbonyl (C=O) groups excluding carboxylic acids is 1. The number of fused-ring (bicyclic) bond motifs is 3. The van der Waals surface area contributed by atoms with E-state index in [0.29, 0.717) is 13.2 Å². The summed E-state index contributed by atoms with van der Waals surface area (Å²) in [5, 5.41) is 7.14. The van der Waals surface area contributed by atoms with Crippen LogP contribution in [0.4, 0.5) is 22.9 Å². The van der Waals surface area contributed by atoms with Gasteiger partial charge in [0.1, 0.15) is 5.82 Å². The second-order valence-electron chi connectivity index (χ2n) is 12.1. The second-order valence-corrected chi connectivity index (χ2v) is 12.1. The van der Waals surface area contributed by atoms with Crippen LogP contribution in [-0.4, -0.2) is 54.1 Å². The van der Waals surface area contributed by atoms with Crippen molar-refractivity contribution in [3.05, 3.63) is 42.1 Å². The first-order valence-electron chi connectivity index (χ1n) is 14.2. The Morgan fingerprint density at radius 1 is 1.13 bits per heavy atom. The lowest BCUT2D eigenvalue weighted by atomic mass is 9.86. The van der Waals surface area contributed by atoms with Crippen LogP contribution in [0.15, 0.2) is 36.5 Å². The van der Waals surface area contributed by atoms with Gasteiger partial charge in [-0.05, 0) is 83.6 Å². The van der Waals surface area contributed by atoms with Crippen molar-refractivity contribution < 1.29 is 20.4 Å². The van der Waals surface area contributed by atoms with Crippen LogP contribution < -0.4 is 15.5 Å². The molecule has 8 nitrogen and oxygen atoms in total. The third kappa shape index (κ3) is 5.53. The smallest absolute Gasteiger partial charge is 0.230 e. The molecule has 3 fully saturated rings. The van der Waals surface area contributed by atoms with E-state index in [2.05, 4.69) is 48.5 Å². The second kappa shape index (κ2) is 10.5. The van der Waals surface area contributed by atoms with Gasteiger partial charge in [0.2, 0.25) is 5.91 Å². The Bertz CT molecular complexity index is 1160. The zero-order chi connectivity index (χ0) is 26.3. The van der Waals surface area contributed by atoms with Gasteiger partial charge in [-0.1, -0.05) is 6.07 Å². The maximum Gasteiger partial charge on any atom is 0.230 e. The number of anilines is 4. The van der Waals surface area contributed by atoms with Gasteiger partial charge in [0.25, 0.3) is 0 Å². The molecule has 4 aliphatic rings. The van der Waals surface area contributed by atoms with Crippen LogP contribution in [0.5, 0.6) is 0 Å². The Kier molecular flexibility index (Phi) is 7.05. The van der Waals surface area contributed by atoms with E-state index in [0.717, 1.165) is 73.6 Å². The maximum atomic E-state index is 14.1. The molecule has 8 heteroatoms. The van der Waals surface area contributed by atoms with Gasteiger partial charge >= 0.3 is 0 Å². The summed E-state index contributed by atoms with van der Waals surface area (Å²) in [6.07, 6.45) is 7.84. The van der Waals surface area contributed by atoms with Crippen molar-refractivity contribution in [1.82, 2.24) is 4.98 Å². The van der Waals surface area contributed by atoms with Crippen molar-refractivity contribution in [1.29, 1.82) is 0 Å². The van der Waals surface area contributed by atoms with Crippen molar-refractivity contribution in [3.8, 4) is 0 Å². The number of pyridine rings is 1. The molecule has 2 N–H and O–H groups in total. The fourth-order valence-electron chi connectivity index (χ4n) is 6.32. The van der Waals surface area contributed by atoms with E-state index in [1.165, 1.54) is 0 Å². The molecular formula is C30H42N4O4. The van der Waals surface area contributed by atoms with Crippen LogP contribution in [0.1, 0.15) is 66.3 Å². The first-order chi connectivity index (χ1) is 18.3. The molecule has 0 unspecified atom stereocenters. The molecule has 0 bridgehead atoms. The normalized spacial score (nSPS) is 28.9. The molecule has 1 aliphatic carbocycles. The lowest BCUT2D eigenvalue weighted by Crippen LogP contribution is -2.42. The molecule has 3 atom stereocenters. The summed E-state index contributed by atoms with van der Waals surface area (Å²) in [6.45, 7) is 8.23. The molecular weight excluding hydrogens is 480 g/mol. The Balaban J connectivity index is 0.00000308. The third-order valence-corrected chi connectivity index (χ3v) is 8.12. The first kappa shape index (κ1) is 25.6.